The molecule has 0 aliphatic carbocycles. The molecule has 4 rings (SSSR count). The second kappa shape index (κ2) is 10.2. The van der Waals surface area contributed by atoms with Gasteiger partial charge in [-0.3, -0.25) is 9.69 Å². The monoisotopic (exact) mass is 432 g/mol. The van der Waals surface area contributed by atoms with Gasteiger partial charge in [0.1, 0.15) is 12.4 Å². The predicted octanol–water partition coefficient (Wildman–Crippen LogP) is 4.46. The predicted molar refractivity (Wildman–Crippen MR) is 123 cm³/mol. The fourth-order valence-electron chi connectivity index (χ4n) is 3.86. The Bertz CT molecular complexity index is 1060. The van der Waals surface area contributed by atoms with Gasteiger partial charge in [-0.15, -0.1) is 0 Å². The van der Waals surface area contributed by atoms with E-state index in [-0.39, 0.29) is 11.8 Å². The summed E-state index contributed by atoms with van der Waals surface area (Å²) in [7, 11) is 0. The van der Waals surface area contributed by atoms with Crippen LogP contribution in [-0.4, -0.2) is 40.6 Å². The molecule has 0 radical (unpaired) electrons. The second-order valence-electron chi connectivity index (χ2n) is 8.07. The van der Waals surface area contributed by atoms with E-state index in [1.807, 2.05) is 55.5 Å². The van der Waals surface area contributed by atoms with Crippen LogP contribution in [0.2, 0.25) is 0 Å². The van der Waals surface area contributed by atoms with Gasteiger partial charge in [-0.05, 0) is 56.6 Å². The molecule has 1 N–H and O–H groups in total. The van der Waals surface area contributed by atoms with E-state index in [2.05, 4.69) is 26.9 Å². The van der Waals surface area contributed by atoms with Gasteiger partial charge in [0, 0.05) is 17.8 Å². The number of likely N-dealkylation sites (tertiary alicyclic amines) is 1. The highest BCUT2D eigenvalue weighted by atomic mass is 16.5. The number of aryl methyl sites for hydroxylation is 1. The summed E-state index contributed by atoms with van der Waals surface area (Å²) in [5.74, 6) is 1.85. The molecule has 166 valence electrons. The third-order valence-electron chi connectivity index (χ3n) is 5.47. The van der Waals surface area contributed by atoms with Gasteiger partial charge in [0.2, 0.25) is 17.6 Å². The largest absolute Gasteiger partial charge is 0.490 e. The van der Waals surface area contributed by atoms with Crippen LogP contribution >= 0.6 is 0 Å². The molecule has 0 saturated carbocycles. The van der Waals surface area contributed by atoms with Gasteiger partial charge in [0.25, 0.3) is 0 Å². The first-order valence-corrected chi connectivity index (χ1v) is 10.9. The Morgan fingerprint density at radius 1 is 1.31 bits per heavy atom. The van der Waals surface area contributed by atoms with Crippen molar-refractivity contribution in [3.8, 4) is 17.1 Å². The Balaban J connectivity index is 1.32. The van der Waals surface area contributed by atoms with E-state index in [4.69, 9.17) is 9.26 Å². The SMILES string of the molecule is C=CCOc1ccc(NC(=O)C2CCCN(Cc3nc(-c4cccc(C)c4)no3)C2)cc1. The van der Waals surface area contributed by atoms with Crippen molar-refractivity contribution < 1.29 is 14.1 Å². The van der Waals surface area contributed by atoms with Crippen LogP contribution in [0.3, 0.4) is 0 Å². The summed E-state index contributed by atoms with van der Waals surface area (Å²) in [6.45, 7) is 8.23. The van der Waals surface area contributed by atoms with E-state index in [1.54, 1.807) is 6.08 Å². The number of aromatic nitrogens is 2. The third-order valence-corrected chi connectivity index (χ3v) is 5.47. The molecular formula is C25H28N4O3. The van der Waals surface area contributed by atoms with Crippen molar-refractivity contribution in [1.29, 1.82) is 0 Å². The van der Waals surface area contributed by atoms with E-state index < -0.39 is 0 Å². The van der Waals surface area contributed by atoms with E-state index >= 15 is 0 Å². The molecule has 0 spiro atoms. The van der Waals surface area contributed by atoms with Crippen LogP contribution in [0.1, 0.15) is 24.3 Å². The minimum absolute atomic E-state index is 0.0282. The first-order chi connectivity index (χ1) is 15.6. The van der Waals surface area contributed by atoms with Gasteiger partial charge in [-0.25, -0.2) is 0 Å². The number of ether oxygens (including phenoxy) is 1. The summed E-state index contributed by atoms with van der Waals surface area (Å²) in [5.41, 5.74) is 2.85. The molecule has 7 heteroatoms. The van der Waals surface area contributed by atoms with Gasteiger partial charge in [0.05, 0.1) is 12.5 Å². The third kappa shape index (κ3) is 5.62. The summed E-state index contributed by atoms with van der Waals surface area (Å²) in [4.78, 5) is 19.6. The van der Waals surface area contributed by atoms with Crippen molar-refractivity contribution in [3.05, 3.63) is 72.6 Å². The lowest BCUT2D eigenvalue weighted by molar-refractivity contribution is -0.121. The normalized spacial score (nSPS) is 16.5. The molecule has 1 saturated heterocycles. The number of carbonyl (C=O) groups excluding carboxylic acids is 1. The second-order valence-corrected chi connectivity index (χ2v) is 8.07. The summed E-state index contributed by atoms with van der Waals surface area (Å²) < 4.78 is 11.0. The topological polar surface area (TPSA) is 80.5 Å². The standard InChI is InChI=1S/C25H28N4O3/c1-3-14-31-22-11-9-21(10-12-22)26-25(30)20-8-5-13-29(16-20)17-23-27-24(28-32-23)19-7-4-6-18(2)15-19/h3-4,6-7,9-12,15,20H,1,5,8,13-14,16-17H2,2H3,(H,26,30). The number of carbonyl (C=O) groups is 1. The van der Waals surface area contributed by atoms with Crippen LogP contribution in [-0.2, 0) is 11.3 Å². The Labute approximate surface area is 188 Å². The van der Waals surface area contributed by atoms with Gasteiger partial charge in [-0.2, -0.15) is 4.98 Å². The molecule has 1 aliphatic rings. The maximum Gasteiger partial charge on any atom is 0.241 e. The van der Waals surface area contributed by atoms with Crippen LogP contribution < -0.4 is 10.1 Å². The Morgan fingerprint density at radius 2 is 2.16 bits per heavy atom. The molecule has 1 aromatic heterocycles. The molecule has 0 bridgehead atoms. The van der Waals surface area contributed by atoms with Crippen LogP contribution in [0, 0.1) is 12.8 Å². The highest BCUT2D eigenvalue weighted by Crippen LogP contribution is 2.23. The maximum atomic E-state index is 12.8. The van der Waals surface area contributed by atoms with Crippen molar-refractivity contribution in [2.45, 2.75) is 26.3 Å². The van der Waals surface area contributed by atoms with Gasteiger partial charge >= 0.3 is 0 Å². The highest BCUT2D eigenvalue weighted by Gasteiger charge is 2.27. The Hall–Kier alpha value is -3.45. The van der Waals surface area contributed by atoms with Crippen LogP contribution in [0.25, 0.3) is 11.4 Å². The minimum atomic E-state index is -0.0837. The highest BCUT2D eigenvalue weighted by molar-refractivity contribution is 5.92. The van der Waals surface area contributed by atoms with E-state index in [0.717, 1.165) is 42.0 Å². The lowest BCUT2D eigenvalue weighted by atomic mass is 9.97. The fraction of sp³-hybridized carbons (Fsp3) is 0.320. The number of nitrogens with zero attached hydrogens (tertiary/aromatic N) is 3. The fourth-order valence-corrected chi connectivity index (χ4v) is 3.86. The van der Waals surface area contributed by atoms with Crippen molar-refractivity contribution in [2.24, 2.45) is 5.92 Å². The van der Waals surface area contributed by atoms with E-state index in [1.165, 1.54) is 0 Å². The molecule has 7 nitrogen and oxygen atoms in total. The summed E-state index contributed by atoms with van der Waals surface area (Å²) >= 11 is 0. The van der Waals surface area contributed by atoms with Gasteiger partial charge < -0.3 is 14.6 Å². The van der Waals surface area contributed by atoms with Crippen LogP contribution in [0.5, 0.6) is 5.75 Å². The van der Waals surface area contributed by atoms with Crippen molar-refractivity contribution in [3.63, 3.8) is 0 Å². The zero-order valence-corrected chi connectivity index (χ0v) is 18.3. The smallest absolute Gasteiger partial charge is 0.241 e. The number of nitrogens with one attached hydrogen (secondary N) is 1. The quantitative estimate of drug-likeness (QED) is 0.530. The molecule has 1 fully saturated rings. The lowest BCUT2D eigenvalue weighted by Gasteiger charge is -2.30. The molecule has 3 aromatic rings. The van der Waals surface area contributed by atoms with E-state index in [9.17, 15) is 4.79 Å². The molecule has 2 aromatic carbocycles. The number of hydrogen-bond donors (Lipinski definition) is 1. The zero-order valence-electron chi connectivity index (χ0n) is 18.3. The average Bonchev–Trinajstić information content (AvgIpc) is 3.27. The number of benzene rings is 2. The molecule has 1 amide bonds. The molecular weight excluding hydrogens is 404 g/mol. The molecule has 32 heavy (non-hydrogen) atoms. The summed E-state index contributed by atoms with van der Waals surface area (Å²) in [6.07, 6.45) is 3.51. The molecule has 1 atom stereocenters. The van der Waals surface area contributed by atoms with Crippen LogP contribution in [0.15, 0.2) is 65.7 Å². The molecule has 1 aliphatic heterocycles. The Kier molecular flexibility index (Phi) is 6.97. The van der Waals surface area contributed by atoms with Crippen molar-refractivity contribution in [1.82, 2.24) is 15.0 Å². The van der Waals surface area contributed by atoms with Crippen molar-refractivity contribution >= 4 is 11.6 Å². The number of amides is 1. The minimum Gasteiger partial charge on any atom is -0.490 e. The Morgan fingerprint density at radius 3 is 2.94 bits per heavy atom. The number of piperidine rings is 1. The first-order valence-electron chi connectivity index (χ1n) is 10.9. The number of rotatable bonds is 8. The number of anilines is 1. The van der Waals surface area contributed by atoms with Crippen LogP contribution in [0.4, 0.5) is 5.69 Å². The summed E-state index contributed by atoms with van der Waals surface area (Å²) in [6, 6.07) is 15.4. The maximum absolute atomic E-state index is 12.8. The van der Waals surface area contributed by atoms with E-state index in [0.29, 0.717) is 31.4 Å². The number of hydrogen-bond acceptors (Lipinski definition) is 6. The molecule has 2 heterocycles. The van der Waals surface area contributed by atoms with Gasteiger partial charge in [0.15, 0.2) is 0 Å². The zero-order chi connectivity index (χ0) is 22.3. The molecule has 1 unspecified atom stereocenters. The first kappa shape index (κ1) is 21.8. The average molecular weight is 433 g/mol. The lowest BCUT2D eigenvalue weighted by Crippen LogP contribution is -2.40. The van der Waals surface area contributed by atoms with Crippen molar-refractivity contribution in [2.75, 3.05) is 25.0 Å². The summed E-state index contributed by atoms with van der Waals surface area (Å²) in [5, 5.41) is 7.14. The van der Waals surface area contributed by atoms with Gasteiger partial charge in [-0.1, -0.05) is 41.6 Å².